The molecule has 0 unspecified atom stereocenters. The molecule has 0 aliphatic rings. The molecular formula is C18H13FN4O. The molecule has 5 nitrogen and oxygen atoms in total. The average Bonchev–Trinajstić information content (AvgIpc) is 2.98. The first-order valence-electron chi connectivity index (χ1n) is 7.36. The van der Waals surface area contributed by atoms with Crippen LogP contribution in [0.5, 0.6) is 5.75 Å². The summed E-state index contributed by atoms with van der Waals surface area (Å²) < 4.78 is 14.7. The number of hydrogen-bond donors (Lipinski definition) is 2. The van der Waals surface area contributed by atoms with Gasteiger partial charge in [-0.05, 0) is 48.5 Å². The lowest BCUT2D eigenvalue weighted by atomic mass is 10.1. The van der Waals surface area contributed by atoms with Gasteiger partial charge in [-0.3, -0.25) is 0 Å². The zero-order valence-corrected chi connectivity index (χ0v) is 12.5. The summed E-state index contributed by atoms with van der Waals surface area (Å²) in [7, 11) is 0. The van der Waals surface area contributed by atoms with Crippen LogP contribution >= 0.6 is 0 Å². The number of hydrogen-bond acceptors (Lipinski definition) is 4. The van der Waals surface area contributed by atoms with E-state index in [0.717, 1.165) is 11.3 Å². The molecule has 4 aromatic rings. The monoisotopic (exact) mass is 320 g/mol. The molecule has 0 aliphatic heterocycles. The van der Waals surface area contributed by atoms with Crippen LogP contribution in [0.4, 0.5) is 15.9 Å². The van der Waals surface area contributed by atoms with Crippen LogP contribution in [0.1, 0.15) is 0 Å². The van der Waals surface area contributed by atoms with Gasteiger partial charge in [0.05, 0.1) is 11.9 Å². The first-order chi connectivity index (χ1) is 11.7. The van der Waals surface area contributed by atoms with Crippen LogP contribution < -0.4 is 5.32 Å². The first kappa shape index (κ1) is 14.2. The predicted octanol–water partition coefficient (Wildman–Crippen LogP) is 3.98. The molecule has 118 valence electrons. The first-order valence-corrected chi connectivity index (χ1v) is 7.36. The summed E-state index contributed by atoms with van der Waals surface area (Å²) >= 11 is 0. The number of nitrogens with one attached hydrogen (secondary N) is 1. The minimum absolute atomic E-state index is 0.175. The lowest BCUT2D eigenvalue weighted by Crippen LogP contribution is -2.00. The van der Waals surface area contributed by atoms with Crippen LogP contribution in [-0.2, 0) is 0 Å². The third-order valence-electron chi connectivity index (χ3n) is 3.62. The molecule has 24 heavy (non-hydrogen) atoms. The standard InChI is InChI=1S/C18H13FN4O/c19-13-6-4-12(5-7-13)16-8-9-17-20-11-18(23(17)22-16)21-14-2-1-3-15(24)10-14/h1-11,21,24H. The maximum atomic E-state index is 13.1. The SMILES string of the molecule is Oc1cccc(Nc2cnc3ccc(-c4ccc(F)cc4)nn23)c1. The van der Waals surface area contributed by atoms with Gasteiger partial charge in [-0.25, -0.2) is 9.37 Å². The number of phenolic OH excluding ortho intramolecular Hbond substituents is 1. The second kappa shape index (κ2) is 5.66. The number of aromatic hydroxyl groups is 1. The Morgan fingerprint density at radius 1 is 1.00 bits per heavy atom. The van der Waals surface area contributed by atoms with Crippen LogP contribution in [0.3, 0.4) is 0 Å². The number of benzene rings is 2. The number of phenols is 1. The summed E-state index contributed by atoms with van der Waals surface area (Å²) in [5.74, 6) is 0.557. The molecule has 0 amide bonds. The van der Waals surface area contributed by atoms with Crippen molar-refractivity contribution in [2.45, 2.75) is 0 Å². The summed E-state index contributed by atoms with van der Waals surface area (Å²) in [6, 6.07) is 16.7. The van der Waals surface area contributed by atoms with Crippen molar-refractivity contribution >= 4 is 17.2 Å². The molecule has 0 fully saturated rings. The smallest absolute Gasteiger partial charge is 0.155 e. The van der Waals surface area contributed by atoms with E-state index in [1.807, 2.05) is 18.2 Å². The number of rotatable bonds is 3. The highest BCUT2D eigenvalue weighted by Crippen LogP contribution is 2.23. The van der Waals surface area contributed by atoms with Crippen LogP contribution in [0.15, 0.2) is 66.9 Å². The topological polar surface area (TPSA) is 62.5 Å². The zero-order valence-electron chi connectivity index (χ0n) is 12.5. The Labute approximate surface area is 137 Å². The highest BCUT2D eigenvalue weighted by Gasteiger charge is 2.08. The lowest BCUT2D eigenvalue weighted by molar-refractivity contribution is 0.475. The number of halogens is 1. The average molecular weight is 320 g/mol. The van der Waals surface area contributed by atoms with Crippen molar-refractivity contribution in [1.29, 1.82) is 0 Å². The third kappa shape index (κ3) is 2.65. The Kier molecular flexibility index (Phi) is 3.35. The van der Waals surface area contributed by atoms with E-state index in [1.54, 1.807) is 41.0 Å². The Morgan fingerprint density at radius 2 is 1.83 bits per heavy atom. The highest BCUT2D eigenvalue weighted by atomic mass is 19.1. The predicted molar refractivity (Wildman–Crippen MR) is 89.8 cm³/mol. The number of imidazole rings is 1. The molecule has 0 bridgehead atoms. The fourth-order valence-electron chi connectivity index (χ4n) is 2.46. The van der Waals surface area contributed by atoms with Crippen molar-refractivity contribution in [2.75, 3.05) is 5.32 Å². The highest BCUT2D eigenvalue weighted by molar-refractivity contribution is 5.64. The summed E-state index contributed by atoms with van der Waals surface area (Å²) in [4.78, 5) is 4.30. The van der Waals surface area contributed by atoms with Crippen LogP contribution in [0.25, 0.3) is 16.9 Å². The van der Waals surface area contributed by atoms with Gasteiger partial charge in [0.1, 0.15) is 11.6 Å². The van der Waals surface area contributed by atoms with E-state index < -0.39 is 0 Å². The van der Waals surface area contributed by atoms with Crippen LogP contribution in [0, 0.1) is 5.82 Å². The fraction of sp³-hybridized carbons (Fsp3) is 0. The minimum Gasteiger partial charge on any atom is -0.508 e. The third-order valence-corrected chi connectivity index (χ3v) is 3.62. The summed E-state index contributed by atoms with van der Waals surface area (Å²) in [6.07, 6.45) is 1.67. The molecule has 0 aliphatic carbocycles. The van der Waals surface area contributed by atoms with E-state index in [-0.39, 0.29) is 11.6 Å². The Balaban J connectivity index is 1.74. The van der Waals surface area contributed by atoms with Crippen LogP contribution in [-0.4, -0.2) is 19.7 Å². The van der Waals surface area contributed by atoms with Gasteiger partial charge in [0.2, 0.25) is 0 Å². The van der Waals surface area contributed by atoms with Crippen LogP contribution in [0.2, 0.25) is 0 Å². The molecule has 0 atom stereocenters. The second-order valence-corrected chi connectivity index (χ2v) is 5.31. The minimum atomic E-state index is -0.284. The molecule has 0 saturated carbocycles. The van der Waals surface area contributed by atoms with Crippen molar-refractivity contribution in [3.63, 3.8) is 0 Å². The molecule has 0 saturated heterocycles. The molecule has 2 heterocycles. The van der Waals surface area contributed by atoms with E-state index in [9.17, 15) is 9.50 Å². The molecule has 6 heteroatoms. The second-order valence-electron chi connectivity index (χ2n) is 5.31. The van der Waals surface area contributed by atoms with Gasteiger partial charge < -0.3 is 10.4 Å². The van der Waals surface area contributed by atoms with Gasteiger partial charge in [-0.2, -0.15) is 9.61 Å². The van der Waals surface area contributed by atoms with E-state index in [0.29, 0.717) is 17.2 Å². The number of aromatic nitrogens is 3. The molecule has 2 aromatic carbocycles. The fourth-order valence-corrected chi connectivity index (χ4v) is 2.46. The van der Waals surface area contributed by atoms with Crippen molar-refractivity contribution in [3.8, 4) is 17.0 Å². The summed E-state index contributed by atoms with van der Waals surface area (Å²) in [5.41, 5.74) is 2.93. The Bertz CT molecular complexity index is 1010. The van der Waals surface area contributed by atoms with E-state index >= 15 is 0 Å². The molecule has 2 N–H and O–H groups in total. The van der Waals surface area contributed by atoms with Crippen molar-refractivity contribution in [3.05, 3.63) is 72.7 Å². The van der Waals surface area contributed by atoms with Gasteiger partial charge in [-0.15, -0.1) is 0 Å². The quantitative estimate of drug-likeness (QED) is 0.599. The maximum Gasteiger partial charge on any atom is 0.155 e. The van der Waals surface area contributed by atoms with Crippen molar-refractivity contribution in [1.82, 2.24) is 14.6 Å². The van der Waals surface area contributed by atoms with Gasteiger partial charge >= 0.3 is 0 Å². The molecular weight excluding hydrogens is 307 g/mol. The number of anilines is 2. The lowest BCUT2D eigenvalue weighted by Gasteiger charge is -2.07. The van der Waals surface area contributed by atoms with E-state index in [1.165, 1.54) is 12.1 Å². The molecule has 4 rings (SSSR count). The van der Waals surface area contributed by atoms with Crippen molar-refractivity contribution in [2.24, 2.45) is 0 Å². The van der Waals surface area contributed by atoms with Crippen molar-refractivity contribution < 1.29 is 9.50 Å². The molecule has 0 spiro atoms. The molecule has 0 radical (unpaired) electrons. The Hall–Kier alpha value is -3.41. The largest absolute Gasteiger partial charge is 0.508 e. The number of nitrogens with zero attached hydrogens (tertiary/aromatic N) is 3. The van der Waals surface area contributed by atoms with E-state index in [2.05, 4.69) is 15.4 Å². The summed E-state index contributed by atoms with van der Waals surface area (Å²) in [6.45, 7) is 0. The van der Waals surface area contributed by atoms with Gasteiger partial charge in [0, 0.05) is 17.3 Å². The van der Waals surface area contributed by atoms with Gasteiger partial charge in [0.15, 0.2) is 11.5 Å². The normalized spacial score (nSPS) is 10.9. The Morgan fingerprint density at radius 3 is 2.62 bits per heavy atom. The maximum absolute atomic E-state index is 13.1. The van der Waals surface area contributed by atoms with Gasteiger partial charge in [-0.1, -0.05) is 6.07 Å². The number of fused-ring (bicyclic) bond motifs is 1. The molecule has 2 aromatic heterocycles. The summed E-state index contributed by atoms with van der Waals surface area (Å²) in [5, 5.41) is 17.3. The van der Waals surface area contributed by atoms with Gasteiger partial charge in [0.25, 0.3) is 0 Å². The zero-order chi connectivity index (χ0) is 16.5. The van der Waals surface area contributed by atoms with E-state index in [4.69, 9.17) is 0 Å².